The Hall–Kier alpha value is -3.60. The molecule has 3 rings (SSSR count). The van der Waals surface area contributed by atoms with E-state index in [4.69, 9.17) is 51.9 Å². The first-order valence-electron chi connectivity index (χ1n) is 11.9. The fourth-order valence-electron chi connectivity index (χ4n) is 2.93. The van der Waals surface area contributed by atoms with E-state index in [1.54, 1.807) is 6.07 Å². The molecule has 41 heavy (non-hydrogen) atoms. The molecular weight excluding hydrogens is 607 g/mol. The molecule has 0 bridgehead atoms. The van der Waals surface area contributed by atoms with Gasteiger partial charge < -0.3 is 11.5 Å². The van der Waals surface area contributed by atoms with Crippen molar-refractivity contribution in [1.29, 1.82) is 5.26 Å². The van der Waals surface area contributed by atoms with Crippen molar-refractivity contribution >= 4 is 71.0 Å². The van der Waals surface area contributed by atoms with Crippen LogP contribution in [0.25, 0.3) is 0 Å². The lowest BCUT2D eigenvalue weighted by Gasteiger charge is -2.18. The maximum absolute atomic E-state index is 13.4. The summed E-state index contributed by atoms with van der Waals surface area (Å²) < 4.78 is 27.8. The van der Waals surface area contributed by atoms with Crippen LogP contribution in [-0.4, -0.2) is 48.9 Å². The second-order valence-electron chi connectivity index (χ2n) is 8.55. The normalized spacial score (nSPS) is 13.1. The molecule has 0 aliphatic carbocycles. The molecule has 11 nitrogen and oxygen atoms in total. The van der Waals surface area contributed by atoms with Crippen LogP contribution in [0.5, 0.6) is 0 Å². The van der Waals surface area contributed by atoms with E-state index in [-0.39, 0.29) is 39.2 Å². The summed E-state index contributed by atoms with van der Waals surface area (Å²) in [6, 6.07) is 2.28. The van der Waals surface area contributed by atoms with Gasteiger partial charge in [0.25, 0.3) is 5.91 Å². The Balaban J connectivity index is 0.000000561. The zero-order chi connectivity index (χ0) is 32.1. The highest BCUT2D eigenvalue weighted by molar-refractivity contribution is 6.39. The fraction of sp³-hybridized carbons (Fsp3) is 0.400. The van der Waals surface area contributed by atoms with Gasteiger partial charge in [-0.05, 0) is 32.8 Å². The number of imide groups is 1. The number of aryl methyl sites for hydroxylation is 2. The molecular formula is C25H30Cl3F2N7O4. The van der Waals surface area contributed by atoms with E-state index in [0.717, 1.165) is 17.3 Å². The Labute approximate surface area is 251 Å². The summed E-state index contributed by atoms with van der Waals surface area (Å²) >= 11 is 16.4. The minimum atomic E-state index is -1.04. The van der Waals surface area contributed by atoms with Gasteiger partial charge in [-0.3, -0.25) is 14.4 Å². The summed E-state index contributed by atoms with van der Waals surface area (Å²) in [6.07, 6.45) is 3.47. The third-order valence-electron chi connectivity index (χ3n) is 5.02. The highest BCUT2D eigenvalue weighted by atomic mass is 35.5. The topological polar surface area (TPSA) is 176 Å². The first-order valence-corrected chi connectivity index (χ1v) is 13.0. The first kappa shape index (κ1) is 37.4. The Morgan fingerprint density at radius 1 is 1.02 bits per heavy atom. The molecule has 2 aromatic heterocycles. The first-order chi connectivity index (χ1) is 19.1. The van der Waals surface area contributed by atoms with Gasteiger partial charge in [-0.15, -0.1) is 0 Å². The predicted octanol–water partition coefficient (Wildman–Crippen LogP) is 5.66. The molecule has 1 fully saturated rings. The van der Waals surface area contributed by atoms with Crippen molar-refractivity contribution in [2.75, 3.05) is 11.5 Å². The van der Waals surface area contributed by atoms with Gasteiger partial charge in [-0.25, -0.2) is 28.0 Å². The fourth-order valence-corrected chi connectivity index (χ4v) is 3.57. The number of hydrogen-bond donors (Lipinski definition) is 2. The van der Waals surface area contributed by atoms with E-state index < -0.39 is 29.1 Å². The number of nitrogens with two attached hydrogens (primary N) is 2. The number of aromatic nitrogens is 2. The lowest BCUT2D eigenvalue weighted by molar-refractivity contribution is -0.127. The molecule has 224 valence electrons. The van der Waals surface area contributed by atoms with Gasteiger partial charge in [0.05, 0.1) is 33.9 Å². The van der Waals surface area contributed by atoms with Gasteiger partial charge in [0.15, 0.2) is 24.2 Å². The van der Waals surface area contributed by atoms with Crippen LogP contribution in [0.1, 0.15) is 79.8 Å². The molecule has 0 saturated carbocycles. The lowest BCUT2D eigenvalue weighted by Crippen LogP contribution is -2.38. The molecule has 0 atom stereocenters. The molecule has 0 spiro atoms. The van der Waals surface area contributed by atoms with Crippen LogP contribution in [0.2, 0.25) is 5.02 Å². The molecule has 3 amide bonds. The summed E-state index contributed by atoms with van der Waals surface area (Å²) in [7, 11) is 0. The van der Waals surface area contributed by atoms with Crippen molar-refractivity contribution in [3.63, 3.8) is 0 Å². The molecule has 0 unspecified atom stereocenters. The average Bonchev–Trinajstić information content (AvgIpc) is 3.07. The van der Waals surface area contributed by atoms with E-state index in [0.29, 0.717) is 29.8 Å². The molecule has 4 N–H and O–H groups in total. The monoisotopic (exact) mass is 635 g/mol. The van der Waals surface area contributed by atoms with Crippen molar-refractivity contribution in [2.24, 2.45) is 0 Å². The number of nitrogen functional groups attached to an aromatic ring is 2. The van der Waals surface area contributed by atoms with E-state index in [2.05, 4.69) is 9.97 Å². The largest absolute Gasteiger partial charge is 0.396 e. The van der Waals surface area contributed by atoms with Crippen LogP contribution in [0.15, 0.2) is 6.07 Å². The number of halogens is 5. The van der Waals surface area contributed by atoms with Crippen LogP contribution in [0.4, 0.5) is 25.0 Å². The quantitative estimate of drug-likeness (QED) is 0.230. The summed E-state index contributed by atoms with van der Waals surface area (Å²) in [6.45, 7) is 8.25. The molecule has 16 heteroatoms. The average molecular weight is 637 g/mol. The van der Waals surface area contributed by atoms with E-state index >= 15 is 0 Å². The smallest absolute Gasteiger partial charge is 0.357 e. The van der Waals surface area contributed by atoms with Gasteiger partial charge in [0.2, 0.25) is 0 Å². The van der Waals surface area contributed by atoms with Crippen molar-refractivity contribution in [3.05, 3.63) is 45.5 Å². The van der Waals surface area contributed by atoms with Gasteiger partial charge in [-0.1, -0.05) is 38.3 Å². The molecule has 1 aliphatic rings. The molecule has 0 aromatic carbocycles. The Kier molecular flexibility index (Phi) is 15.7. The second kappa shape index (κ2) is 17.3. The Morgan fingerprint density at radius 3 is 1.85 bits per heavy atom. The van der Waals surface area contributed by atoms with Crippen molar-refractivity contribution in [3.8, 4) is 6.07 Å². The number of hydrogen-bond acceptors (Lipinski definition) is 9. The number of anilines is 2. The number of rotatable bonds is 6. The maximum atomic E-state index is 13.4. The molecule has 2 aromatic rings. The van der Waals surface area contributed by atoms with Gasteiger partial charge in [-0.2, -0.15) is 9.68 Å². The van der Waals surface area contributed by atoms with Gasteiger partial charge in [0, 0.05) is 30.5 Å². The zero-order valence-electron chi connectivity index (χ0n) is 23.0. The highest BCUT2D eigenvalue weighted by Crippen LogP contribution is 2.30. The van der Waals surface area contributed by atoms with Crippen LogP contribution in [0, 0.1) is 23.0 Å². The van der Waals surface area contributed by atoms with E-state index in [1.807, 2.05) is 13.8 Å². The minimum Gasteiger partial charge on any atom is -0.396 e. The van der Waals surface area contributed by atoms with Crippen molar-refractivity contribution < 1.29 is 28.0 Å². The second-order valence-corrected chi connectivity index (χ2v) is 9.60. The molecule has 0 radical (unpaired) electrons. The van der Waals surface area contributed by atoms with Gasteiger partial charge in [0.1, 0.15) is 16.9 Å². The molecule has 3 heterocycles. The minimum absolute atomic E-state index is 0.00554. The van der Waals surface area contributed by atoms with Crippen LogP contribution < -0.4 is 11.5 Å². The van der Waals surface area contributed by atoms with Crippen LogP contribution in [0.3, 0.4) is 0 Å². The number of carbonyl (C=O) groups excluding carboxylic acids is 4. The number of carbonyl (C=O) groups is 4. The maximum Gasteiger partial charge on any atom is 0.357 e. The lowest BCUT2D eigenvalue weighted by atomic mass is 10.1. The van der Waals surface area contributed by atoms with Crippen molar-refractivity contribution in [1.82, 2.24) is 18.8 Å². The number of pyridine rings is 2. The number of nitriles is 1. The summed E-state index contributed by atoms with van der Waals surface area (Å²) in [4.78, 5) is 50.5. The third kappa shape index (κ3) is 9.77. The Morgan fingerprint density at radius 2 is 1.51 bits per heavy atom. The summed E-state index contributed by atoms with van der Waals surface area (Å²) in [5.41, 5.74) is 10.1. The van der Waals surface area contributed by atoms with E-state index in [9.17, 15) is 28.0 Å². The van der Waals surface area contributed by atoms with Gasteiger partial charge >= 0.3 is 6.03 Å². The van der Waals surface area contributed by atoms with E-state index in [1.165, 1.54) is 26.8 Å². The number of nitrogens with zero attached hydrogens (tertiary/aromatic N) is 5. The zero-order valence-corrected chi connectivity index (χ0v) is 25.2. The van der Waals surface area contributed by atoms with Crippen LogP contribution >= 0.6 is 35.2 Å². The standard InChI is InChI=1S/C9H10ClFN2O.C9H11FN2O.C5H6Cl2N2O2.C2H3N/c1-2-3-5-8(11)9(12)7(10)6(4-14)13-5;1-2-3-8-9(10)7(11)4-6(5-13)12-8;1-5(2)3(10)8(6)4(11)9(5)7;1-2-3/h4H,2-3H2,1H3,(H2,12,13);4-5H,2-3H2,1H3,(H2,11,12);1-2H3;1H3. The highest BCUT2D eigenvalue weighted by Gasteiger charge is 2.51. The predicted molar refractivity (Wildman–Crippen MR) is 152 cm³/mol. The number of aldehydes is 2. The Bertz CT molecular complexity index is 1310. The number of amides is 3. The molecule has 1 aliphatic heterocycles. The third-order valence-corrected chi connectivity index (χ3v) is 6.28. The number of urea groups is 1. The summed E-state index contributed by atoms with van der Waals surface area (Å²) in [5, 5.41) is 7.21. The SMILES string of the molecule is CC#N.CC1(C)C(=O)N(Cl)C(=O)N1Cl.CCCc1nc(C=O)c(Cl)c(N)c1F.CCCc1nc(C=O)cc(N)c1F. The summed E-state index contributed by atoms with van der Waals surface area (Å²) in [5.74, 6) is -1.64. The van der Waals surface area contributed by atoms with Crippen molar-refractivity contribution in [2.45, 2.75) is 65.8 Å². The van der Waals surface area contributed by atoms with Crippen LogP contribution in [-0.2, 0) is 17.6 Å². The molecule has 1 saturated heterocycles.